The summed E-state index contributed by atoms with van der Waals surface area (Å²) in [5.41, 5.74) is 3.21. The Morgan fingerprint density at radius 1 is 1.24 bits per heavy atom. The molecule has 174 valence electrons. The van der Waals surface area contributed by atoms with Crippen molar-refractivity contribution in [3.05, 3.63) is 58.0 Å². The van der Waals surface area contributed by atoms with E-state index in [0.717, 1.165) is 5.56 Å². The lowest BCUT2D eigenvalue weighted by molar-refractivity contribution is -0.140. The van der Waals surface area contributed by atoms with Crippen LogP contribution in [0.5, 0.6) is 0 Å². The number of carbonyl (C=O) groups is 2. The second kappa shape index (κ2) is 7.86. The fourth-order valence-corrected chi connectivity index (χ4v) is 4.40. The fourth-order valence-electron chi connectivity index (χ4n) is 4.40. The molecule has 1 aromatic carbocycles. The van der Waals surface area contributed by atoms with E-state index in [-0.39, 0.29) is 29.9 Å². The number of allylic oxidation sites excluding steroid dienone is 1. The molecule has 4 rings (SSSR count). The number of H-pyrrole nitrogens is 1. The first kappa shape index (κ1) is 22.8. The van der Waals surface area contributed by atoms with Crippen molar-refractivity contribution >= 4 is 28.7 Å². The number of hydrogen-bond donors (Lipinski definition) is 1. The minimum Gasteiger partial charge on any atom is -0.459 e. The zero-order valence-corrected chi connectivity index (χ0v) is 19.9. The van der Waals surface area contributed by atoms with Gasteiger partial charge in [0.05, 0.1) is 11.8 Å². The van der Waals surface area contributed by atoms with Gasteiger partial charge in [-0.15, -0.1) is 0 Å². The Balaban J connectivity index is 1.94. The van der Waals surface area contributed by atoms with Crippen LogP contribution in [0.2, 0.25) is 0 Å². The summed E-state index contributed by atoms with van der Waals surface area (Å²) in [7, 11) is 0. The van der Waals surface area contributed by atoms with Crippen molar-refractivity contribution in [3.63, 3.8) is 0 Å². The van der Waals surface area contributed by atoms with Gasteiger partial charge in [-0.05, 0) is 51.5 Å². The minimum atomic E-state index is -0.606. The van der Waals surface area contributed by atoms with E-state index >= 15 is 0 Å². The highest BCUT2D eigenvalue weighted by Crippen LogP contribution is 2.42. The molecule has 0 radical (unpaired) electrons. The molecule has 0 atom stereocenters. The Bertz CT molecular complexity index is 1310. The van der Waals surface area contributed by atoms with E-state index in [2.05, 4.69) is 9.97 Å². The van der Waals surface area contributed by atoms with Crippen LogP contribution in [-0.4, -0.2) is 39.4 Å². The lowest BCUT2D eigenvalue weighted by Crippen LogP contribution is -2.39. The molecule has 0 aliphatic carbocycles. The summed E-state index contributed by atoms with van der Waals surface area (Å²) in [6.45, 7) is 12.9. The highest BCUT2D eigenvalue weighted by Gasteiger charge is 2.41. The van der Waals surface area contributed by atoms with E-state index in [4.69, 9.17) is 9.15 Å². The molecule has 1 N–H and O–H groups in total. The number of rotatable bonds is 3. The third-order valence-corrected chi connectivity index (χ3v) is 5.90. The monoisotopic (exact) mass is 453 g/mol. The van der Waals surface area contributed by atoms with Gasteiger partial charge in [-0.1, -0.05) is 13.8 Å². The van der Waals surface area contributed by atoms with E-state index in [1.165, 1.54) is 18.2 Å². The molecule has 0 spiro atoms. The second-order valence-electron chi connectivity index (χ2n) is 9.44. The summed E-state index contributed by atoms with van der Waals surface area (Å²) in [5, 5.41) is 0. The van der Waals surface area contributed by atoms with Crippen LogP contribution in [-0.2, 0) is 14.9 Å². The molecule has 0 saturated heterocycles. The van der Waals surface area contributed by atoms with E-state index in [9.17, 15) is 14.0 Å². The van der Waals surface area contributed by atoms with Crippen LogP contribution in [0.1, 0.15) is 67.7 Å². The lowest BCUT2D eigenvalue weighted by atomic mass is 9.83. The van der Waals surface area contributed by atoms with Crippen molar-refractivity contribution in [1.29, 1.82) is 0 Å². The van der Waals surface area contributed by atoms with E-state index in [0.29, 0.717) is 39.6 Å². The number of hydrogen-bond acceptors (Lipinski definition) is 5. The smallest absolute Gasteiger partial charge is 0.342 e. The number of halogens is 1. The zero-order valence-electron chi connectivity index (χ0n) is 19.9. The van der Waals surface area contributed by atoms with Gasteiger partial charge < -0.3 is 19.0 Å². The van der Waals surface area contributed by atoms with Crippen LogP contribution in [0.25, 0.3) is 16.8 Å². The number of nitrogens with zero attached hydrogens (tertiary/aromatic N) is 2. The maximum Gasteiger partial charge on any atom is 0.342 e. The van der Waals surface area contributed by atoms with Crippen LogP contribution < -0.4 is 0 Å². The molecule has 1 aliphatic heterocycles. The molecular formula is C25H28FN3O4. The van der Waals surface area contributed by atoms with Crippen molar-refractivity contribution in [2.75, 3.05) is 6.54 Å². The van der Waals surface area contributed by atoms with Gasteiger partial charge >= 0.3 is 5.97 Å². The molecule has 8 heteroatoms. The van der Waals surface area contributed by atoms with Gasteiger partial charge in [-0.25, -0.2) is 9.18 Å². The number of amides is 1. The molecule has 2 aromatic heterocycles. The summed E-state index contributed by atoms with van der Waals surface area (Å²) in [4.78, 5) is 36.1. The first-order valence-electron chi connectivity index (χ1n) is 10.9. The summed E-state index contributed by atoms with van der Waals surface area (Å²) in [6.07, 6.45) is -0.347. The van der Waals surface area contributed by atoms with E-state index in [1.807, 2.05) is 13.8 Å². The quantitative estimate of drug-likeness (QED) is 0.562. The van der Waals surface area contributed by atoms with Crippen molar-refractivity contribution in [2.24, 2.45) is 0 Å². The number of ether oxygens (including phenoxy) is 1. The predicted octanol–water partition coefficient (Wildman–Crippen LogP) is 5.03. The number of aryl methyl sites for hydroxylation is 2. The SMILES string of the molecule is CC1=C(C(=O)OC(C)C)c2[nH]c3nc(C)oc3c2C(C)(C)CN1C(=O)c1ccc(F)c(C)c1. The Hall–Kier alpha value is -3.42. The molecule has 7 nitrogen and oxygen atoms in total. The number of nitrogens with one attached hydrogen (secondary N) is 1. The maximum absolute atomic E-state index is 13.8. The Morgan fingerprint density at radius 3 is 2.58 bits per heavy atom. The average Bonchev–Trinajstić information content (AvgIpc) is 3.20. The van der Waals surface area contributed by atoms with Gasteiger partial charge in [-0.3, -0.25) is 4.79 Å². The zero-order chi connectivity index (χ0) is 24.2. The minimum absolute atomic E-state index is 0.252. The van der Waals surface area contributed by atoms with Gasteiger partial charge in [-0.2, -0.15) is 4.98 Å². The second-order valence-corrected chi connectivity index (χ2v) is 9.44. The topological polar surface area (TPSA) is 88.4 Å². The third-order valence-electron chi connectivity index (χ3n) is 5.90. The van der Waals surface area contributed by atoms with Crippen molar-refractivity contribution in [1.82, 2.24) is 14.9 Å². The van der Waals surface area contributed by atoms with Crippen LogP contribution in [0, 0.1) is 19.7 Å². The highest BCUT2D eigenvalue weighted by molar-refractivity contribution is 6.19. The largest absolute Gasteiger partial charge is 0.459 e. The summed E-state index contributed by atoms with van der Waals surface area (Å²) < 4.78 is 25.3. The van der Waals surface area contributed by atoms with Gasteiger partial charge in [0.15, 0.2) is 17.1 Å². The molecule has 0 saturated carbocycles. The Kier molecular flexibility index (Phi) is 5.42. The molecule has 0 unspecified atom stereocenters. The number of aromatic amines is 1. The number of aromatic nitrogens is 2. The summed E-state index contributed by atoms with van der Waals surface area (Å²) >= 11 is 0. The van der Waals surface area contributed by atoms with Gasteiger partial charge in [0.25, 0.3) is 5.91 Å². The fraction of sp³-hybridized carbons (Fsp3) is 0.400. The number of oxazole rings is 1. The Labute approximate surface area is 191 Å². The Morgan fingerprint density at radius 2 is 1.94 bits per heavy atom. The third kappa shape index (κ3) is 3.83. The molecule has 1 aliphatic rings. The van der Waals surface area contributed by atoms with Crippen LogP contribution in [0.15, 0.2) is 28.3 Å². The molecule has 0 bridgehead atoms. The standard InChI is InChI=1S/C25H28FN3O4/c1-12(2)32-24(31)18-14(4)29(23(30)16-8-9-17(26)13(3)10-16)11-25(6,7)19-20(18)28-22-21(19)33-15(5)27-22/h8-10,12,28H,11H2,1-7H3. The van der Waals surface area contributed by atoms with Crippen LogP contribution in [0.3, 0.4) is 0 Å². The number of fused-ring (bicyclic) bond motifs is 3. The summed E-state index contributed by atoms with van der Waals surface area (Å²) in [6, 6.07) is 4.26. The number of carbonyl (C=O) groups excluding carboxylic acids is 2. The van der Waals surface area contributed by atoms with Gasteiger partial charge in [0, 0.05) is 35.7 Å². The van der Waals surface area contributed by atoms with Crippen molar-refractivity contribution < 1.29 is 23.1 Å². The normalized spacial score (nSPS) is 15.7. The highest BCUT2D eigenvalue weighted by atomic mass is 19.1. The number of benzene rings is 1. The number of esters is 1. The molecule has 33 heavy (non-hydrogen) atoms. The predicted molar refractivity (Wildman–Crippen MR) is 122 cm³/mol. The van der Waals surface area contributed by atoms with Crippen molar-refractivity contribution in [3.8, 4) is 0 Å². The van der Waals surface area contributed by atoms with Crippen LogP contribution in [0.4, 0.5) is 4.39 Å². The van der Waals surface area contributed by atoms with E-state index in [1.54, 1.807) is 39.5 Å². The molecule has 3 aromatic rings. The van der Waals surface area contributed by atoms with Crippen molar-refractivity contribution in [2.45, 2.75) is 60.0 Å². The lowest BCUT2D eigenvalue weighted by Gasteiger charge is -2.31. The first-order valence-corrected chi connectivity index (χ1v) is 10.9. The average molecular weight is 454 g/mol. The molecule has 0 fully saturated rings. The molecule has 1 amide bonds. The summed E-state index contributed by atoms with van der Waals surface area (Å²) in [5.74, 6) is -0.751. The van der Waals surface area contributed by atoms with Gasteiger partial charge in [0.1, 0.15) is 11.4 Å². The molecule has 3 heterocycles. The van der Waals surface area contributed by atoms with Gasteiger partial charge in [0.2, 0.25) is 0 Å². The molecular weight excluding hydrogens is 425 g/mol. The van der Waals surface area contributed by atoms with E-state index < -0.39 is 11.4 Å². The first-order chi connectivity index (χ1) is 15.4. The maximum atomic E-state index is 13.8. The van der Waals surface area contributed by atoms with Crippen LogP contribution >= 0.6 is 0 Å².